The molecule has 0 N–H and O–H groups in total. The van der Waals surface area contributed by atoms with Gasteiger partial charge in [0.25, 0.3) is 0 Å². The number of piperidine rings is 1. The van der Waals surface area contributed by atoms with Gasteiger partial charge in [-0.15, -0.1) is 0 Å². The second-order valence-corrected chi connectivity index (χ2v) is 2.95. The summed E-state index contributed by atoms with van der Waals surface area (Å²) in [6, 6.07) is 0.439. The van der Waals surface area contributed by atoms with Gasteiger partial charge in [0.05, 0.1) is 0 Å². The summed E-state index contributed by atoms with van der Waals surface area (Å²) < 4.78 is 12.6. The summed E-state index contributed by atoms with van der Waals surface area (Å²) in [4.78, 5) is 2.20. The van der Waals surface area contributed by atoms with E-state index >= 15 is 0 Å². The van der Waals surface area contributed by atoms with Crippen molar-refractivity contribution in [2.24, 2.45) is 0 Å². The van der Waals surface area contributed by atoms with Crippen LogP contribution in [0.15, 0.2) is 0 Å². The van der Waals surface area contributed by atoms with Gasteiger partial charge in [-0.2, -0.15) is 0 Å². The van der Waals surface area contributed by atoms with Crippen molar-refractivity contribution in [3.8, 4) is 0 Å². The first-order chi connectivity index (χ1) is 4.20. The molecule has 0 aromatic rings. The van der Waals surface area contributed by atoms with Crippen molar-refractivity contribution in [3.63, 3.8) is 0 Å². The molecule has 0 unspecified atom stereocenters. The highest BCUT2D eigenvalue weighted by molar-refractivity contribution is 4.75. The minimum atomic E-state index is -0.545. The summed E-state index contributed by atoms with van der Waals surface area (Å²) in [6.45, 7) is 2.99. The van der Waals surface area contributed by atoms with Gasteiger partial charge in [0.2, 0.25) is 0 Å². The van der Waals surface area contributed by atoms with Gasteiger partial charge in [0.1, 0.15) is 6.17 Å². The van der Waals surface area contributed by atoms with Gasteiger partial charge in [0.15, 0.2) is 0 Å². The fourth-order valence-electron chi connectivity index (χ4n) is 1.23. The molecule has 0 aliphatic carbocycles. The van der Waals surface area contributed by atoms with E-state index in [2.05, 4.69) is 18.9 Å². The lowest BCUT2D eigenvalue weighted by Crippen LogP contribution is -2.38. The first kappa shape index (κ1) is 7.00. The average molecular weight is 131 g/mol. The summed E-state index contributed by atoms with van der Waals surface area (Å²) >= 11 is 0. The molecule has 0 aromatic heterocycles. The van der Waals surface area contributed by atoms with Crippen LogP contribution in [0.5, 0.6) is 0 Å². The van der Waals surface area contributed by atoms with Gasteiger partial charge in [-0.1, -0.05) is 0 Å². The number of hydrogen-bond donors (Lipinski definition) is 0. The van der Waals surface area contributed by atoms with Crippen LogP contribution in [0.1, 0.15) is 19.8 Å². The smallest absolute Gasteiger partial charge is 0.103 e. The zero-order valence-corrected chi connectivity index (χ0v) is 6.10. The fraction of sp³-hybridized carbons (Fsp3) is 1.00. The molecule has 54 valence electrons. The Labute approximate surface area is 55.8 Å². The Hall–Kier alpha value is -0.110. The van der Waals surface area contributed by atoms with Gasteiger partial charge in [-0.3, -0.25) is 0 Å². The van der Waals surface area contributed by atoms with Gasteiger partial charge in [-0.25, -0.2) is 4.39 Å². The van der Waals surface area contributed by atoms with E-state index in [4.69, 9.17) is 0 Å². The molecular formula is C7H14FN. The van der Waals surface area contributed by atoms with Gasteiger partial charge < -0.3 is 4.90 Å². The van der Waals surface area contributed by atoms with E-state index in [1.807, 2.05) is 0 Å². The molecule has 1 rings (SSSR count). The number of halogens is 1. The molecule has 2 atom stereocenters. The third-order valence-electron chi connectivity index (χ3n) is 2.14. The van der Waals surface area contributed by atoms with Crippen molar-refractivity contribution in [1.82, 2.24) is 4.90 Å². The Balaban J connectivity index is 2.35. The van der Waals surface area contributed by atoms with E-state index in [0.717, 1.165) is 19.4 Å². The fourth-order valence-corrected chi connectivity index (χ4v) is 1.23. The van der Waals surface area contributed by atoms with Crippen LogP contribution in [-0.2, 0) is 0 Å². The zero-order chi connectivity index (χ0) is 6.85. The zero-order valence-electron chi connectivity index (χ0n) is 6.10. The second kappa shape index (κ2) is 2.65. The summed E-state index contributed by atoms with van der Waals surface area (Å²) in [5.41, 5.74) is 0. The lowest BCUT2D eigenvalue weighted by atomic mass is 10.0. The number of hydrogen-bond acceptors (Lipinski definition) is 1. The molecule has 1 aliphatic heterocycles. The lowest BCUT2D eigenvalue weighted by molar-refractivity contribution is 0.124. The van der Waals surface area contributed by atoms with E-state index in [0.29, 0.717) is 6.04 Å². The highest BCUT2D eigenvalue weighted by atomic mass is 19.1. The Bertz CT molecular complexity index is 94.9. The molecule has 1 heterocycles. The third-order valence-corrected chi connectivity index (χ3v) is 2.14. The number of rotatable bonds is 0. The maximum Gasteiger partial charge on any atom is 0.103 e. The topological polar surface area (TPSA) is 3.24 Å². The second-order valence-electron chi connectivity index (χ2n) is 2.95. The third kappa shape index (κ3) is 1.65. The van der Waals surface area contributed by atoms with Crippen molar-refractivity contribution in [1.29, 1.82) is 0 Å². The van der Waals surface area contributed by atoms with Crippen molar-refractivity contribution in [2.75, 3.05) is 13.6 Å². The Kier molecular flexibility index (Phi) is 2.06. The maximum absolute atomic E-state index is 12.6. The number of alkyl halides is 1. The SMILES string of the molecule is C[C@H]1C[C@@H](F)CCN1C. The Morgan fingerprint density at radius 3 is 2.67 bits per heavy atom. The van der Waals surface area contributed by atoms with Crippen LogP contribution in [0, 0.1) is 0 Å². The molecule has 2 heteroatoms. The number of nitrogens with zero attached hydrogens (tertiary/aromatic N) is 1. The highest BCUT2D eigenvalue weighted by Gasteiger charge is 2.21. The molecule has 1 fully saturated rings. The first-order valence-corrected chi connectivity index (χ1v) is 3.54. The van der Waals surface area contributed by atoms with E-state index in [1.165, 1.54) is 0 Å². The van der Waals surface area contributed by atoms with Crippen LogP contribution in [-0.4, -0.2) is 30.7 Å². The monoisotopic (exact) mass is 131 g/mol. The largest absolute Gasteiger partial charge is 0.303 e. The summed E-state index contributed by atoms with van der Waals surface area (Å²) in [5, 5.41) is 0. The van der Waals surface area contributed by atoms with E-state index in [9.17, 15) is 4.39 Å². The number of likely N-dealkylation sites (tertiary alicyclic amines) is 1. The Morgan fingerprint density at radius 1 is 1.56 bits per heavy atom. The van der Waals surface area contributed by atoms with Crippen LogP contribution >= 0.6 is 0 Å². The van der Waals surface area contributed by atoms with E-state index in [1.54, 1.807) is 0 Å². The highest BCUT2D eigenvalue weighted by Crippen LogP contribution is 2.17. The van der Waals surface area contributed by atoms with Crippen molar-refractivity contribution in [2.45, 2.75) is 32.0 Å². The van der Waals surface area contributed by atoms with Gasteiger partial charge in [0, 0.05) is 12.6 Å². The predicted molar refractivity (Wildman–Crippen MR) is 36.2 cm³/mol. The standard InChI is InChI=1S/C7H14FN/c1-6-5-7(8)3-4-9(6)2/h6-7H,3-5H2,1-2H3/t6-,7-/m0/s1. The van der Waals surface area contributed by atoms with Crippen LogP contribution in [0.2, 0.25) is 0 Å². The summed E-state index contributed by atoms with van der Waals surface area (Å²) in [5.74, 6) is 0. The summed E-state index contributed by atoms with van der Waals surface area (Å²) in [7, 11) is 2.05. The maximum atomic E-state index is 12.6. The molecular weight excluding hydrogens is 117 g/mol. The molecule has 0 aromatic carbocycles. The molecule has 0 radical (unpaired) electrons. The van der Waals surface area contributed by atoms with Gasteiger partial charge in [-0.05, 0) is 26.8 Å². The summed E-state index contributed by atoms with van der Waals surface area (Å²) in [6.07, 6.45) is 0.897. The molecule has 0 saturated carbocycles. The van der Waals surface area contributed by atoms with Crippen LogP contribution in [0.3, 0.4) is 0 Å². The molecule has 0 amide bonds. The van der Waals surface area contributed by atoms with Crippen molar-refractivity contribution in [3.05, 3.63) is 0 Å². The van der Waals surface area contributed by atoms with E-state index in [-0.39, 0.29) is 0 Å². The molecule has 9 heavy (non-hydrogen) atoms. The molecule has 0 bridgehead atoms. The molecule has 1 saturated heterocycles. The predicted octanol–water partition coefficient (Wildman–Crippen LogP) is 1.44. The quantitative estimate of drug-likeness (QED) is 0.481. The lowest BCUT2D eigenvalue weighted by Gasteiger charge is -2.31. The van der Waals surface area contributed by atoms with Gasteiger partial charge >= 0.3 is 0 Å². The van der Waals surface area contributed by atoms with Crippen molar-refractivity contribution < 1.29 is 4.39 Å². The molecule has 0 spiro atoms. The minimum Gasteiger partial charge on any atom is -0.303 e. The van der Waals surface area contributed by atoms with E-state index < -0.39 is 6.17 Å². The van der Waals surface area contributed by atoms with Crippen molar-refractivity contribution >= 4 is 0 Å². The average Bonchev–Trinajstić information content (AvgIpc) is 1.80. The molecule has 1 nitrogen and oxygen atoms in total. The normalized spacial score (nSPS) is 39.0. The van der Waals surface area contributed by atoms with Crippen LogP contribution in [0.25, 0.3) is 0 Å². The van der Waals surface area contributed by atoms with Crippen LogP contribution in [0.4, 0.5) is 4.39 Å². The molecule has 1 aliphatic rings. The first-order valence-electron chi connectivity index (χ1n) is 3.54. The Morgan fingerprint density at radius 2 is 2.22 bits per heavy atom. The van der Waals surface area contributed by atoms with Crippen LogP contribution < -0.4 is 0 Å². The minimum absolute atomic E-state index is 0.439.